The van der Waals surface area contributed by atoms with Gasteiger partial charge in [0.25, 0.3) is 0 Å². The summed E-state index contributed by atoms with van der Waals surface area (Å²) in [5.41, 5.74) is -0.0989. The molecule has 0 aromatic carbocycles. The Kier molecular flexibility index (Phi) is 4.00. The predicted molar refractivity (Wildman–Crippen MR) is 72.6 cm³/mol. The van der Waals surface area contributed by atoms with E-state index in [4.69, 9.17) is 0 Å². The molecule has 0 aromatic heterocycles. The number of likely N-dealkylation sites (tertiary alicyclic amines) is 1. The maximum absolute atomic E-state index is 11.7. The van der Waals surface area contributed by atoms with Crippen molar-refractivity contribution in [1.82, 2.24) is 4.90 Å². The first-order chi connectivity index (χ1) is 8.44. The van der Waals surface area contributed by atoms with Gasteiger partial charge in [0.15, 0.2) is 0 Å². The summed E-state index contributed by atoms with van der Waals surface area (Å²) in [6.07, 6.45) is 7.61. The van der Waals surface area contributed by atoms with Crippen molar-refractivity contribution in [2.75, 3.05) is 19.6 Å². The fourth-order valence-electron chi connectivity index (χ4n) is 3.78. The quantitative estimate of drug-likeness (QED) is 0.840. The second-order valence-corrected chi connectivity index (χ2v) is 7.12. The van der Waals surface area contributed by atoms with Crippen LogP contribution in [-0.4, -0.2) is 35.6 Å². The maximum Gasteiger partial charge on any atom is 0.310 e. The van der Waals surface area contributed by atoms with E-state index in [0.29, 0.717) is 5.41 Å². The van der Waals surface area contributed by atoms with Crippen molar-refractivity contribution in [2.24, 2.45) is 10.8 Å². The largest absolute Gasteiger partial charge is 0.481 e. The predicted octanol–water partition coefficient (Wildman–Crippen LogP) is 3.14. The van der Waals surface area contributed by atoms with E-state index in [-0.39, 0.29) is 0 Å². The van der Waals surface area contributed by atoms with Gasteiger partial charge in [-0.15, -0.1) is 0 Å². The average molecular weight is 253 g/mol. The Morgan fingerprint density at radius 2 is 1.78 bits per heavy atom. The minimum atomic E-state index is -0.564. The SMILES string of the molecule is CC1(C)CCCN(CC2(C(=O)O)CCCCC2)C1. The van der Waals surface area contributed by atoms with E-state index in [1.807, 2.05) is 0 Å². The zero-order chi connectivity index (χ0) is 13.2. The van der Waals surface area contributed by atoms with Crippen LogP contribution in [0.1, 0.15) is 58.8 Å². The summed E-state index contributed by atoms with van der Waals surface area (Å²) in [5.74, 6) is -0.564. The number of aliphatic carboxylic acids is 1. The molecule has 0 unspecified atom stereocenters. The highest BCUT2D eigenvalue weighted by atomic mass is 16.4. The van der Waals surface area contributed by atoms with Crippen molar-refractivity contribution in [3.63, 3.8) is 0 Å². The van der Waals surface area contributed by atoms with Gasteiger partial charge in [0.2, 0.25) is 0 Å². The molecule has 2 aliphatic rings. The lowest BCUT2D eigenvalue weighted by molar-refractivity contribution is -0.153. The first-order valence-corrected chi connectivity index (χ1v) is 7.39. The van der Waals surface area contributed by atoms with Gasteiger partial charge in [0, 0.05) is 13.1 Å². The molecule has 18 heavy (non-hydrogen) atoms. The molecule has 2 fully saturated rings. The van der Waals surface area contributed by atoms with Gasteiger partial charge in [-0.1, -0.05) is 33.1 Å². The summed E-state index contributed by atoms with van der Waals surface area (Å²) in [6.45, 7) is 7.51. The minimum absolute atomic E-state index is 0.354. The van der Waals surface area contributed by atoms with Crippen LogP contribution in [0.25, 0.3) is 0 Å². The van der Waals surface area contributed by atoms with E-state index in [2.05, 4.69) is 18.7 Å². The number of piperidine rings is 1. The number of carboxylic acids is 1. The molecular weight excluding hydrogens is 226 g/mol. The first-order valence-electron chi connectivity index (χ1n) is 7.39. The van der Waals surface area contributed by atoms with Gasteiger partial charge in [0.1, 0.15) is 0 Å². The fraction of sp³-hybridized carbons (Fsp3) is 0.933. The van der Waals surface area contributed by atoms with E-state index in [9.17, 15) is 9.90 Å². The highest BCUT2D eigenvalue weighted by Crippen LogP contribution is 2.39. The maximum atomic E-state index is 11.7. The van der Waals surface area contributed by atoms with Crippen molar-refractivity contribution < 1.29 is 9.90 Å². The lowest BCUT2D eigenvalue weighted by atomic mass is 9.73. The van der Waals surface area contributed by atoms with E-state index in [1.165, 1.54) is 19.3 Å². The fourth-order valence-corrected chi connectivity index (χ4v) is 3.78. The van der Waals surface area contributed by atoms with Crippen LogP contribution in [-0.2, 0) is 4.79 Å². The van der Waals surface area contributed by atoms with Crippen LogP contribution in [0.4, 0.5) is 0 Å². The normalized spacial score (nSPS) is 27.9. The highest BCUT2D eigenvalue weighted by molar-refractivity contribution is 5.75. The van der Waals surface area contributed by atoms with Gasteiger partial charge in [-0.3, -0.25) is 4.79 Å². The second kappa shape index (κ2) is 5.20. The third-order valence-electron chi connectivity index (χ3n) is 4.77. The van der Waals surface area contributed by atoms with Crippen LogP contribution in [0.2, 0.25) is 0 Å². The van der Waals surface area contributed by atoms with Gasteiger partial charge in [-0.25, -0.2) is 0 Å². The van der Waals surface area contributed by atoms with Crippen molar-refractivity contribution in [1.29, 1.82) is 0 Å². The number of hydrogen-bond donors (Lipinski definition) is 1. The lowest BCUT2D eigenvalue weighted by Gasteiger charge is -2.43. The topological polar surface area (TPSA) is 40.5 Å². The van der Waals surface area contributed by atoms with E-state index in [1.54, 1.807) is 0 Å². The van der Waals surface area contributed by atoms with Crippen LogP contribution in [0.3, 0.4) is 0 Å². The molecule has 1 N–H and O–H groups in total. The van der Waals surface area contributed by atoms with Crippen LogP contribution in [0, 0.1) is 10.8 Å². The molecule has 104 valence electrons. The van der Waals surface area contributed by atoms with Gasteiger partial charge in [-0.2, -0.15) is 0 Å². The van der Waals surface area contributed by atoms with Crippen LogP contribution in [0.15, 0.2) is 0 Å². The van der Waals surface area contributed by atoms with Crippen LogP contribution >= 0.6 is 0 Å². The number of nitrogens with zero attached hydrogens (tertiary/aromatic N) is 1. The van der Waals surface area contributed by atoms with E-state index < -0.39 is 11.4 Å². The third kappa shape index (κ3) is 3.05. The molecule has 3 heteroatoms. The van der Waals surface area contributed by atoms with Gasteiger partial charge in [-0.05, 0) is 37.6 Å². The summed E-state index contributed by atoms with van der Waals surface area (Å²) >= 11 is 0. The molecule has 1 saturated carbocycles. The number of hydrogen-bond acceptors (Lipinski definition) is 2. The molecule has 1 aliphatic carbocycles. The molecule has 0 aromatic rings. The molecule has 0 radical (unpaired) electrons. The highest BCUT2D eigenvalue weighted by Gasteiger charge is 2.42. The number of rotatable bonds is 3. The first kappa shape index (κ1) is 13.9. The Bertz CT molecular complexity index is 306. The second-order valence-electron chi connectivity index (χ2n) is 7.12. The van der Waals surface area contributed by atoms with Crippen molar-refractivity contribution >= 4 is 5.97 Å². The monoisotopic (exact) mass is 253 g/mol. The van der Waals surface area contributed by atoms with Gasteiger partial charge < -0.3 is 10.0 Å². The van der Waals surface area contributed by atoms with Crippen molar-refractivity contribution in [2.45, 2.75) is 58.8 Å². The van der Waals surface area contributed by atoms with Gasteiger partial charge in [0.05, 0.1) is 5.41 Å². The molecule has 0 spiro atoms. The minimum Gasteiger partial charge on any atom is -0.481 e. The van der Waals surface area contributed by atoms with Crippen molar-refractivity contribution in [3.8, 4) is 0 Å². The van der Waals surface area contributed by atoms with Crippen LogP contribution < -0.4 is 0 Å². The Hall–Kier alpha value is -0.570. The number of carboxylic acid groups (broad SMARTS) is 1. The molecule has 1 saturated heterocycles. The zero-order valence-corrected chi connectivity index (χ0v) is 11.9. The summed E-state index contributed by atoms with van der Waals surface area (Å²) in [7, 11) is 0. The standard InChI is InChI=1S/C15H27NO2/c1-14(2)7-6-10-16(11-14)12-15(13(17)18)8-4-3-5-9-15/h3-12H2,1-2H3,(H,17,18). The van der Waals surface area contributed by atoms with Crippen molar-refractivity contribution in [3.05, 3.63) is 0 Å². The summed E-state index contributed by atoms with van der Waals surface area (Å²) < 4.78 is 0. The Labute approximate surface area is 111 Å². The molecule has 2 rings (SSSR count). The third-order valence-corrected chi connectivity index (χ3v) is 4.77. The Balaban J connectivity index is 2.02. The molecular formula is C15H27NO2. The van der Waals surface area contributed by atoms with E-state index in [0.717, 1.165) is 45.3 Å². The molecule has 1 aliphatic heterocycles. The molecule has 1 heterocycles. The summed E-state index contributed by atoms with van der Waals surface area (Å²) in [4.78, 5) is 14.1. The van der Waals surface area contributed by atoms with Gasteiger partial charge >= 0.3 is 5.97 Å². The molecule has 0 amide bonds. The molecule has 3 nitrogen and oxygen atoms in total. The molecule has 0 bridgehead atoms. The molecule has 0 atom stereocenters. The Morgan fingerprint density at radius 3 is 2.33 bits per heavy atom. The average Bonchev–Trinajstić information content (AvgIpc) is 2.28. The Morgan fingerprint density at radius 1 is 1.11 bits per heavy atom. The van der Waals surface area contributed by atoms with E-state index >= 15 is 0 Å². The lowest BCUT2D eigenvalue weighted by Crippen LogP contribution is -2.49. The summed E-state index contributed by atoms with van der Waals surface area (Å²) in [5, 5.41) is 9.62. The smallest absolute Gasteiger partial charge is 0.310 e. The number of carbonyl (C=O) groups is 1. The van der Waals surface area contributed by atoms with Crippen LogP contribution in [0.5, 0.6) is 0 Å². The zero-order valence-electron chi connectivity index (χ0n) is 11.9. The summed E-state index contributed by atoms with van der Waals surface area (Å²) in [6, 6.07) is 0.